The Labute approximate surface area is 104 Å². The summed E-state index contributed by atoms with van der Waals surface area (Å²) in [5.74, 6) is 1.05. The third-order valence-electron chi connectivity index (χ3n) is 0.203. The third kappa shape index (κ3) is 17.8. The van der Waals surface area contributed by atoms with E-state index in [1.54, 1.807) is 0 Å². The minimum absolute atomic E-state index is 0. The molecule has 0 amide bonds. The van der Waals surface area contributed by atoms with Crippen LogP contribution in [0.5, 0.6) is 0 Å². The van der Waals surface area contributed by atoms with Crippen LogP contribution in [0.1, 0.15) is 6.92 Å². The van der Waals surface area contributed by atoms with Gasteiger partial charge >= 0.3 is 51.4 Å². The Bertz CT molecular complexity index is 31.4. The molecule has 0 nitrogen and oxygen atoms in total. The fraction of sp³-hybridized carbons (Fsp3) is 0.667. The van der Waals surface area contributed by atoms with E-state index in [4.69, 9.17) is 0 Å². The Kier molecular flexibility index (Phi) is 36.5. The average Bonchev–Trinajstić information content (AvgIpc) is 1.41. The van der Waals surface area contributed by atoms with Crippen molar-refractivity contribution in [3.05, 3.63) is 0 Å². The number of hydrogen-bond donors (Lipinski definition) is 0. The minimum Gasteiger partial charge on any atom is -0.813 e. The molecule has 0 spiro atoms. The molecular weight excluding hydrogens is 171 g/mol. The Balaban J connectivity index is -0.0000000800. The van der Waals surface area contributed by atoms with Crippen LogP contribution in [0, 0.1) is 0 Å². The van der Waals surface area contributed by atoms with Gasteiger partial charge in [0.1, 0.15) is 0 Å². The van der Waals surface area contributed by atoms with Crippen molar-refractivity contribution in [2.24, 2.45) is 0 Å². The maximum Gasteiger partial charge on any atom is 1.00 e. The fourth-order valence-corrected chi connectivity index (χ4v) is 0.530. The Morgan fingerprint density at radius 1 is 1.71 bits per heavy atom. The van der Waals surface area contributed by atoms with Gasteiger partial charge < -0.3 is 42.2 Å². The monoisotopic (exact) mass is 177 g/mol. The van der Waals surface area contributed by atoms with Crippen molar-refractivity contribution in [3.8, 4) is 0 Å². The molecule has 0 aliphatic heterocycles. The minimum atomic E-state index is 0. The van der Waals surface area contributed by atoms with Crippen LogP contribution in [-0.4, -0.2) is 10.5 Å². The molecule has 0 aromatic rings. The van der Waals surface area contributed by atoms with Crippen LogP contribution in [0.3, 0.4) is 0 Å². The van der Waals surface area contributed by atoms with E-state index in [1.807, 2.05) is 6.92 Å². The van der Waals surface area contributed by atoms with Gasteiger partial charge in [-0.05, 0) is 5.75 Å². The van der Waals surface area contributed by atoms with Crippen LogP contribution in [-0.2, 0) is 13.5 Å². The topological polar surface area (TPSA) is 0 Å². The maximum absolute atomic E-state index is 4.36. The summed E-state index contributed by atoms with van der Waals surface area (Å²) < 4.78 is 2.52. The second kappa shape index (κ2) is 15.8. The number of thioether (sulfide) groups is 1. The van der Waals surface area contributed by atoms with E-state index in [2.05, 4.69) is 16.9 Å². The summed E-state index contributed by atoms with van der Waals surface area (Å²) in [5, 5.41) is 0. The smallest absolute Gasteiger partial charge is 0.813 e. The number of thiocarbonyl (C=S) groups is 1. The summed E-state index contributed by atoms with van der Waals surface area (Å²) in [5.41, 5.74) is 0. The first-order valence-electron chi connectivity index (χ1n) is 1.40. The molecule has 0 aliphatic carbocycles. The largest absolute Gasteiger partial charge is 1.00 e. The summed E-state index contributed by atoms with van der Waals surface area (Å²) in [6.45, 7) is 2.05. The molecule has 0 atom stereocenters. The zero-order valence-electron chi connectivity index (χ0n) is 4.47. The maximum atomic E-state index is 4.36. The van der Waals surface area contributed by atoms with E-state index in [0.29, 0.717) is 0 Å². The molecule has 0 fully saturated rings. The normalized spacial score (nSPS) is 5.29. The number of thiol groups is 1. The summed E-state index contributed by atoms with van der Waals surface area (Å²) in [6.07, 6.45) is 0. The van der Waals surface area contributed by atoms with E-state index in [0.717, 1.165) is 5.75 Å². The predicted molar refractivity (Wildman–Crippen MR) is 39.5 cm³/mol. The second-order valence-electron chi connectivity index (χ2n) is 0.516. The zero-order valence-corrected chi connectivity index (χ0v) is 10.1. The van der Waals surface area contributed by atoms with E-state index in [-0.39, 0.29) is 64.9 Å². The molecule has 0 N–H and O–H groups in total. The summed E-state index contributed by atoms with van der Waals surface area (Å²) in [6, 6.07) is 0. The van der Waals surface area contributed by atoms with Gasteiger partial charge in [-0.15, -0.1) is 0 Å². The molecule has 0 radical (unpaired) electrons. The van der Waals surface area contributed by atoms with E-state index < -0.39 is 0 Å². The van der Waals surface area contributed by atoms with Crippen LogP contribution in [0.2, 0.25) is 0 Å². The Morgan fingerprint density at radius 2 is 2.14 bits per heavy atom. The summed E-state index contributed by atoms with van der Waals surface area (Å²) in [4.78, 5) is 0. The zero-order chi connectivity index (χ0) is 4.12. The molecule has 0 aliphatic rings. The van der Waals surface area contributed by atoms with Crippen LogP contribution in [0.4, 0.5) is 0 Å². The van der Waals surface area contributed by atoms with E-state index >= 15 is 0 Å². The van der Waals surface area contributed by atoms with Gasteiger partial charge in [0.15, 0.2) is 0 Å². The van der Waals surface area contributed by atoms with Gasteiger partial charge in [-0.3, -0.25) is 0 Å². The Hall–Kier alpha value is 2.43. The Morgan fingerprint density at radius 3 is 2.14 bits per heavy atom. The molecular formula is C3H6KS3-. The van der Waals surface area contributed by atoms with Crippen molar-refractivity contribution in [1.29, 1.82) is 0 Å². The van der Waals surface area contributed by atoms with E-state index in [9.17, 15) is 0 Å². The van der Waals surface area contributed by atoms with Gasteiger partial charge in [0.25, 0.3) is 0 Å². The first kappa shape index (κ1) is 16.2. The van der Waals surface area contributed by atoms with Crippen molar-refractivity contribution < 1.29 is 51.4 Å². The van der Waals surface area contributed by atoms with Crippen LogP contribution in [0.25, 0.3) is 0 Å². The van der Waals surface area contributed by atoms with Crippen molar-refractivity contribution in [1.82, 2.24) is 0 Å². The van der Waals surface area contributed by atoms with Crippen molar-refractivity contribution in [2.45, 2.75) is 6.92 Å². The average molecular weight is 177 g/mol. The van der Waals surface area contributed by atoms with Crippen LogP contribution < -0.4 is 51.4 Å². The molecule has 0 bridgehead atoms. The van der Waals surface area contributed by atoms with Crippen molar-refractivity contribution >= 4 is 42.2 Å². The summed E-state index contributed by atoms with van der Waals surface area (Å²) >= 11 is 5.89. The molecule has 4 heteroatoms. The van der Waals surface area contributed by atoms with Crippen LogP contribution in [0.15, 0.2) is 0 Å². The second-order valence-corrected chi connectivity index (χ2v) is 2.05. The van der Waals surface area contributed by atoms with E-state index in [1.165, 1.54) is 11.8 Å². The standard InChI is InChI=1S/C3H5S2.K.H2S/c1-2-5-3-4;;/h2H2,1H3;;1H2/q-1;+1;/p-1. The molecule has 0 aromatic carbocycles. The quantitative estimate of drug-likeness (QED) is 0.162. The SMILES string of the molecule is CCS[C-]=S.[K+].[SH-]. The van der Waals surface area contributed by atoms with Gasteiger partial charge in [0.05, 0.1) is 0 Å². The molecule has 38 valence electrons. The molecule has 0 saturated heterocycles. The molecule has 0 saturated carbocycles. The van der Waals surface area contributed by atoms with Crippen molar-refractivity contribution in [3.63, 3.8) is 0 Å². The van der Waals surface area contributed by atoms with Gasteiger partial charge in [0.2, 0.25) is 0 Å². The molecule has 0 rings (SSSR count). The number of rotatable bonds is 2. The van der Waals surface area contributed by atoms with Gasteiger partial charge in [-0.25, -0.2) is 0 Å². The fourth-order valence-electron chi connectivity index (χ4n) is 0.0589. The first-order valence-corrected chi connectivity index (χ1v) is 2.80. The predicted octanol–water partition coefficient (Wildman–Crippen LogP) is -1.69. The molecule has 0 unspecified atom stereocenters. The first-order chi connectivity index (χ1) is 2.41. The van der Waals surface area contributed by atoms with Crippen LogP contribution >= 0.6 is 24.0 Å². The third-order valence-corrected chi connectivity index (χ3v) is 0.963. The molecule has 0 aromatic heterocycles. The number of hydrogen-bond acceptors (Lipinski definition) is 3. The van der Waals surface area contributed by atoms with Crippen molar-refractivity contribution in [2.75, 3.05) is 5.75 Å². The molecule has 0 heterocycles. The van der Waals surface area contributed by atoms with Gasteiger partial charge in [-0.1, -0.05) is 6.92 Å². The molecule has 7 heavy (non-hydrogen) atoms. The van der Waals surface area contributed by atoms with Gasteiger partial charge in [0, 0.05) is 0 Å². The summed E-state index contributed by atoms with van der Waals surface area (Å²) in [7, 11) is 0. The van der Waals surface area contributed by atoms with Gasteiger partial charge in [-0.2, -0.15) is 0 Å².